The SMILES string of the molecule is O=C(O)COc1ccc(NC(=O)c2cnc(Oc3ccccc3)nc2)cc1. The van der Waals surface area contributed by atoms with E-state index in [1.54, 1.807) is 36.4 Å². The predicted molar refractivity (Wildman–Crippen MR) is 96.1 cm³/mol. The van der Waals surface area contributed by atoms with Gasteiger partial charge in [-0.05, 0) is 36.4 Å². The fraction of sp³-hybridized carbons (Fsp3) is 0.0526. The van der Waals surface area contributed by atoms with Crippen molar-refractivity contribution >= 4 is 17.6 Å². The summed E-state index contributed by atoms with van der Waals surface area (Å²) < 4.78 is 10.5. The zero-order valence-corrected chi connectivity index (χ0v) is 14.0. The lowest BCUT2D eigenvalue weighted by Crippen LogP contribution is -2.13. The first-order valence-corrected chi connectivity index (χ1v) is 7.91. The number of aromatic nitrogens is 2. The molecule has 136 valence electrons. The molecular weight excluding hydrogens is 350 g/mol. The molecule has 0 aliphatic heterocycles. The van der Waals surface area contributed by atoms with Gasteiger partial charge < -0.3 is 19.9 Å². The number of nitrogens with one attached hydrogen (secondary N) is 1. The lowest BCUT2D eigenvalue weighted by molar-refractivity contribution is -0.139. The standard InChI is InChI=1S/C19H15N3O5/c23-17(24)12-26-15-8-6-14(7-9-15)22-18(25)13-10-20-19(21-11-13)27-16-4-2-1-3-5-16/h1-11H,12H2,(H,22,25)(H,23,24). The van der Waals surface area contributed by atoms with Crippen LogP contribution in [0, 0.1) is 0 Å². The molecule has 1 amide bonds. The third kappa shape index (κ3) is 5.27. The van der Waals surface area contributed by atoms with Gasteiger partial charge in [-0.2, -0.15) is 0 Å². The second kappa shape index (κ2) is 8.43. The number of para-hydroxylation sites is 1. The molecule has 8 nitrogen and oxygen atoms in total. The topological polar surface area (TPSA) is 111 Å². The molecule has 0 bridgehead atoms. The number of ether oxygens (including phenoxy) is 2. The molecule has 0 spiro atoms. The van der Waals surface area contributed by atoms with Crippen LogP contribution in [-0.2, 0) is 4.79 Å². The van der Waals surface area contributed by atoms with Crippen molar-refractivity contribution in [1.29, 1.82) is 0 Å². The number of carboxylic acid groups (broad SMARTS) is 1. The minimum absolute atomic E-state index is 0.137. The molecular formula is C19H15N3O5. The molecule has 3 rings (SSSR count). The number of benzene rings is 2. The average molecular weight is 365 g/mol. The van der Waals surface area contributed by atoms with Crippen LogP contribution in [0.1, 0.15) is 10.4 Å². The number of amides is 1. The number of aliphatic carboxylic acids is 1. The van der Waals surface area contributed by atoms with E-state index in [1.807, 2.05) is 18.2 Å². The van der Waals surface area contributed by atoms with Crippen molar-refractivity contribution in [3.63, 3.8) is 0 Å². The van der Waals surface area contributed by atoms with Crippen LogP contribution < -0.4 is 14.8 Å². The summed E-state index contributed by atoms with van der Waals surface area (Å²) in [5.74, 6) is -0.464. The Hall–Kier alpha value is -3.94. The first kappa shape index (κ1) is 17.9. The molecule has 1 aromatic heterocycles. The number of carbonyl (C=O) groups excluding carboxylic acids is 1. The van der Waals surface area contributed by atoms with E-state index in [-0.39, 0.29) is 17.5 Å². The number of hydrogen-bond donors (Lipinski definition) is 2. The Labute approximate surface area is 154 Å². The lowest BCUT2D eigenvalue weighted by atomic mass is 10.2. The van der Waals surface area contributed by atoms with Gasteiger partial charge in [0.05, 0.1) is 5.56 Å². The van der Waals surface area contributed by atoms with Crippen molar-refractivity contribution < 1.29 is 24.2 Å². The summed E-state index contributed by atoms with van der Waals surface area (Å²) in [6.45, 7) is -0.430. The van der Waals surface area contributed by atoms with Crippen molar-refractivity contribution in [3.8, 4) is 17.5 Å². The van der Waals surface area contributed by atoms with Gasteiger partial charge in [0.1, 0.15) is 11.5 Å². The fourth-order valence-corrected chi connectivity index (χ4v) is 2.06. The van der Waals surface area contributed by atoms with E-state index in [2.05, 4.69) is 15.3 Å². The molecule has 0 aliphatic carbocycles. The molecule has 2 aromatic carbocycles. The quantitative estimate of drug-likeness (QED) is 0.662. The third-order valence-electron chi connectivity index (χ3n) is 3.32. The number of anilines is 1. The Balaban J connectivity index is 1.58. The minimum atomic E-state index is -1.06. The van der Waals surface area contributed by atoms with Crippen molar-refractivity contribution in [2.24, 2.45) is 0 Å². The van der Waals surface area contributed by atoms with Crippen LogP contribution in [0.4, 0.5) is 5.69 Å². The monoisotopic (exact) mass is 365 g/mol. The zero-order valence-electron chi connectivity index (χ0n) is 14.0. The molecule has 0 fully saturated rings. The highest BCUT2D eigenvalue weighted by atomic mass is 16.5. The van der Waals surface area contributed by atoms with E-state index in [4.69, 9.17) is 14.6 Å². The Bertz CT molecular complexity index is 912. The number of nitrogens with zero attached hydrogens (tertiary/aromatic N) is 2. The zero-order chi connectivity index (χ0) is 19.1. The van der Waals surface area contributed by atoms with Gasteiger partial charge in [0, 0.05) is 18.1 Å². The normalized spacial score (nSPS) is 10.1. The molecule has 8 heteroatoms. The van der Waals surface area contributed by atoms with Gasteiger partial charge in [-0.3, -0.25) is 4.79 Å². The Morgan fingerprint density at radius 3 is 2.22 bits per heavy atom. The van der Waals surface area contributed by atoms with Gasteiger partial charge in [0.15, 0.2) is 6.61 Å². The Morgan fingerprint density at radius 2 is 1.59 bits per heavy atom. The van der Waals surface area contributed by atoms with E-state index in [9.17, 15) is 9.59 Å². The summed E-state index contributed by atoms with van der Waals surface area (Å²) in [6, 6.07) is 15.5. The highest BCUT2D eigenvalue weighted by Gasteiger charge is 2.09. The fourth-order valence-electron chi connectivity index (χ4n) is 2.06. The molecule has 0 radical (unpaired) electrons. The summed E-state index contributed by atoms with van der Waals surface area (Å²) in [5.41, 5.74) is 0.786. The van der Waals surface area contributed by atoms with Crippen molar-refractivity contribution in [1.82, 2.24) is 9.97 Å². The molecule has 0 atom stereocenters. The predicted octanol–water partition coefficient (Wildman–Crippen LogP) is 2.98. The minimum Gasteiger partial charge on any atom is -0.482 e. The molecule has 2 N–H and O–H groups in total. The molecule has 1 heterocycles. The number of rotatable bonds is 7. The van der Waals surface area contributed by atoms with Crippen LogP contribution in [0.2, 0.25) is 0 Å². The van der Waals surface area contributed by atoms with Crippen LogP contribution >= 0.6 is 0 Å². The highest BCUT2D eigenvalue weighted by molar-refractivity contribution is 6.03. The van der Waals surface area contributed by atoms with Crippen molar-refractivity contribution in [2.45, 2.75) is 0 Å². The van der Waals surface area contributed by atoms with E-state index in [0.29, 0.717) is 17.2 Å². The largest absolute Gasteiger partial charge is 0.482 e. The first-order valence-electron chi connectivity index (χ1n) is 7.91. The molecule has 0 unspecified atom stereocenters. The molecule has 0 saturated heterocycles. The van der Waals surface area contributed by atoms with Crippen LogP contribution in [0.5, 0.6) is 17.5 Å². The number of carbonyl (C=O) groups is 2. The van der Waals surface area contributed by atoms with Crippen LogP contribution in [0.15, 0.2) is 67.0 Å². The van der Waals surface area contributed by atoms with Crippen LogP contribution in [0.3, 0.4) is 0 Å². The second-order valence-electron chi connectivity index (χ2n) is 5.33. The summed E-state index contributed by atoms with van der Waals surface area (Å²) >= 11 is 0. The van der Waals surface area contributed by atoms with E-state index in [1.165, 1.54) is 12.4 Å². The van der Waals surface area contributed by atoms with E-state index in [0.717, 1.165) is 0 Å². The maximum Gasteiger partial charge on any atom is 0.341 e. The van der Waals surface area contributed by atoms with Gasteiger partial charge in [-0.25, -0.2) is 14.8 Å². The van der Waals surface area contributed by atoms with Crippen LogP contribution in [-0.4, -0.2) is 33.6 Å². The number of hydrogen-bond acceptors (Lipinski definition) is 6. The summed E-state index contributed by atoms with van der Waals surface area (Å²) in [5, 5.41) is 11.3. The van der Waals surface area contributed by atoms with E-state index < -0.39 is 12.6 Å². The van der Waals surface area contributed by atoms with Gasteiger partial charge >= 0.3 is 12.0 Å². The Morgan fingerprint density at radius 1 is 0.926 bits per heavy atom. The van der Waals surface area contributed by atoms with Gasteiger partial charge in [-0.15, -0.1) is 0 Å². The van der Waals surface area contributed by atoms with Gasteiger partial charge in [0.25, 0.3) is 5.91 Å². The first-order chi connectivity index (χ1) is 13.1. The maximum atomic E-state index is 12.2. The molecule has 27 heavy (non-hydrogen) atoms. The van der Waals surface area contributed by atoms with Crippen molar-refractivity contribution in [2.75, 3.05) is 11.9 Å². The second-order valence-corrected chi connectivity index (χ2v) is 5.33. The average Bonchev–Trinajstić information content (AvgIpc) is 2.69. The maximum absolute atomic E-state index is 12.2. The molecule has 0 saturated carbocycles. The molecule has 0 aliphatic rings. The lowest BCUT2D eigenvalue weighted by Gasteiger charge is -2.07. The van der Waals surface area contributed by atoms with E-state index >= 15 is 0 Å². The smallest absolute Gasteiger partial charge is 0.341 e. The number of carboxylic acids is 1. The Kier molecular flexibility index (Phi) is 5.58. The van der Waals surface area contributed by atoms with Gasteiger partial charge in [-0.1, -0.05) is 18.2 Å². The summed E-state index contributed by atoms with van der Waals surface area (Å²) in [4.78, 5) is 30.8. The highest BCUT2D eigenvalue weighted by Crippen LogP contribution is 2.18. The summed E-state index contributed by atoms with van der Waals surface area (Å²) in [6.07, 6.45) is 2.73. The van der Waals surface area contributed by atoms with Gasteiger partial charge in [0.2, 0.25) is 0 Å². The van der Waals surface area contributed by atoms with Crippen molar-refractivity contribution in [3.05, 3.63) is 72.6 Å². The summed E-state index contributed by atoms with van der Waals surface area (Å²) in [7, 11) is 0. The third-order valence-corrected chi connectivity index (χ3v) is 3.32. The molecule has 3 aromatic rings. The van der Waals surface area contributed by atoms with Crippen LogP contribution in [0.25, 0.3) is 0 Å².